The molecule has 2 rings (SSSR count). The van der Waals surface area contributed by atoms with Gasteiger partial charge in [-0.3, -0.25) is 15.0 Å². The van der Waals surface area contributed by atoms with Crippen molar-refractivity contribution in [1.29, 1.82) is 0 Å². The molecule has 0 amide bonds. The van der Waals surface area contributed by atoms with Crippen molar-refractivity contribution in [1.82, 2.24) is 10.2 Å². The molecule has 1 aliphatic rings. The molecule has 1 aromatic carbocycles. The van der Waals surface area contributed by atoms with Crippen LogP contribution in [0.1, 0.15) is 11.6 Å². The Hall–Kier alpha value is -2.07. The number of hydrogen-bond acceptors (Lipinski definition) is 6. The second kappa shape index (κ2) is 5.97. The maximum absolute atomic E-state index is 13.4. The highest BCUT2D eigenvalue weighted by molar-refractivity contribution is 5.57. The second-order valence-corrected chi connectivity index (χ2v) is 4.89. The molecular weight excluding hydrogens is 307 g/mol. The monoisotopic (exact) mass is 321 g/mol. The molecule has 1 fully saturated rings. The summed E-state index contributed by atoms with van der Waals surface area (Å²) in [6, 6.07) is -0.725. The summed E-state index contributed by atoms with van der Waals surface area (Å²) in [6.45, 7) is 0.941. The third-order valence-electron chi connectivity index (χ3n) is 3.43. The molecule has 1 aromatic rings. The lowest BCUT2D eigenvalue weighted by Gasteiger charge is -2.36. The highest BCUT2D eigenvalue weighted by atomic mass is 19.4. The summed E-state index contributed by atoms with van der Waals surface area (Å²) in [5.41, 5.74) is -1.43. The lowest BCUT2D eigenvalue weighted by atomic mass is 10.0. The Labute approximate surface area is 123 Å². The number of halogens is 3. The molecule has 1 aliphatic heterocycles. The number of hydrogen-bond donors (Lipinski definition) is 3. The van der Waals surface area contributed by atoms with E-state index >= 15 is 0 Å². The maximum atomic E-state index is 13.4. The number of phenols is 2. The van der Waals surface area contributed by atoms with E-state index < -0.39 is 39.9 Å². The predicted molar refractivity (Wildman–Crippen MR) is 69.7 cm³/mol. The lowest BCUT2D eigenvalue weighted by Crippen LogP contribution is -2.49. The Bertz CT molecular complexity index is 573. The van der Waals surface area contributed by atoms with Crippen LogP contribution < -0.4 is 5.32 Å². The average molecular weight is 321 g/mol. The van der Waals surface area contributed by atoms with Crippen molar-refractivity contribution in [3.05, 3.63) is 27.8 Å². The number of alkyl halides is 3. The van der Waals surface area contributed by atoms with Crippen molar-refractivity contribution in [3.8, 4) is 11.5 Å². The van der Waals surface area contributed by atoms with E-state index in [0.717, 1.165) is 4.90 Å². The zero-order valence-corrected chi connectivity index (χ0v) is 11.3. The first kappa shape index (κ1) is 16.3. The molecule has 0 bridgehead atoms. The van der Waals surface area contributed by atoms with Crippen LogP contribution in [-0.2, 0) is 0 Å². The van der Waals surface area contributed by atoms with Crippen LogP contribution in [0.4, 0.5) is 18.9 Å². The maximum Gasteiger partial charge on any atom is 0.408 e. The topological polar surface area (TPSA) is 98.9 Å². The number of rotatable bonds is 3. The molecule has 22 heavy (non-hydrogen) atoms. The van der Waals surface area contributed by atoms with Crippen molar-refractivity contribution >= 4 is 5.69 Å². The first-order valence-electron chi connectivity index (χ1n) is 6.43. The van der Waals surface area contributed by atoms with Gasteiger partial charge in [0.25, 0.3) is 0 Å². The molecule has 0 aliphatic carbocycles. The van der Waals surface area contributed by atoms with Crippen LogP contribution >= 0.6 is 0 Å². The number of nitrogens with zero attached hydrogens (tertiary/aromatic N) is 2. The van der Waals surface area contributed by atoms with Gasteiger partial charge in [0.15, 0.2) is 5.75 Å². The molecule has 122 valence electrons. The summed E-state index contributed by atoms with van der Waals surface area (Å²) in [5.74, 6) is -2.00. The Morgan fingerprint density at radius 3 is 2.36 bits per heavy atom. The number of benzene rings is 1. The first-order valence-corrected chi connectivity index (χ1v) is 6.43. The first-order chi connectivity index (χ1) is 10.2. The normalized spacial score (nSPS) is 18.1. The molecule has 0 unspecified atom stereocenters. The van der Waals surface area contributed by atoms with Crippen molar-refractivity contribution in [2.45, 2.75) is 12.2 Å². The fourth-order valence-corrected chi connectivity index (χ4v) is 2.47. The Kier molecular flexibility index (Phi) is 4.42. The van der Waals surface area contributed by atoms with Crippen LogP contribution in [0.3, 0.4) is 0 Å². The number of aromatic hydroxyl groups is 2. The smallest absolute Gasteiger partial charge is 0.408 e. The molecule has 1 heterocycles. The molecule has 0 aromatic heterocycles. The summed E-state index contributed by atoms with van der Waals surface area (Å²) < 4.78 is 40.1. The highest BCUT2D eigenvalue weighted by Gasteiger charge is 2.46. The summed E-state index contributed by atoms with van der Waals surface area (Å²) in [5, 5.41) is 32.6. The zero-order chi connectivity index (χ0) is 16.5. The van der Waals surface area contributed by atoms with Gasteiger partial charge in [0.1, 0.15) is 6.04 Å². The van der Waals surface area contributed by atoms with E-state index in [2.05, 4.69) is 5.32 Å². The summed E-state index contributed by atoms with van der Waals surface area (Å²) in [4.78, 5) is 10.9. The number of nitro benzene ring substituents is 1. The fraction of sp³-hybridized carbons (Fsp3) is 0.500. The van der Waals surface area contributed by atoms with Gasteiger partial charge in [-0.15, -0.1) is 0 Å². The van der Waals surface area contributed by atoms with Gasteiger partial charge in [-0.1, -0.05) is 0 Å². The number of nitrogens with one attached hydrogen (secondary N) is 1. The average Bonchev–Trinajstić information content (AvgIpc) is 2.42. The largest absolute Gasteiger partial charge is 0.504 e. The molecule has 7 nitrogen and oxygen atoms in total. The van der Waals surface area contributed by atoms with Crippen LogP contribution in [0, 0.1) is 10.1 Å². The lowest BCUT2D eigenvalue weighted by molar-refractivity contribution is -0.386. The molecule has 1 saturated heterocycles. The number of phenolic OH excluding ortho intramolecular Hbond substituents is 2. The van der Waals surface area contributed by atoms with Gasteiger partial charge in [-0.2, -0.15) is 13.2 Å². The van der Waals surface area contributed by atoms with Gasteiger partial charge in [0.05, 0.1) is 4.92 Å². The van der Waals surface area contributed by atoms with E-state index in [1.165, 1.54) is 0 Å². The van der Waals surface area contributed by atoms with Gasteiger partial charge in [0, 0.05) is 32.2 Å². The molecule has 10 heteroatoms. The number of piperazine rings is 1. The van der Waals surface area contributed by atoms with Crippen LogP contribution in [0.25, 0.3) is 0 Å². The second-order valence-electron chi connectivity index (χ2n) is 4.89. The van der Waals surface area contributed by atoms with E-state index in [9.17, 15) is 33.5 Å². The quantitative estimate of drug-likeness (QED) is 0.443. The standard InChI is InChI=1S/C12H14F3N3O4/c13-12(14,15)11(17-3-1-16-2-4-17)7-5-8(18(21)22)10(20)9(19)6-7/h5-6,11,16,19-20H,1-4H2/t11-/m1/s1. The van der Waals surface area contributed by atoms with Crippen LogP contribution in [0.15, 0.2) is 12.1 Å². The summed E-state index contributed by atoms with van der Waals surface area (Å²) in [6.07, 6.45) is -4.67. The van der Waals surface area contributed by atoms with Crippen molar-refractivity contribution in [2.24, 2.45) is 0 Å². The van der Waals surface area contributed by atoms with E-state index in [1.54, 1.807) is 0 Å². The van der Waals surface area contributed by atoms with Crippen LogP contribution in [0.5, 0.6) is 11.5 Å². The molecule has 0 saturated carbocycles. The SMILES string of the molecule is O=[N+]([O-])c1cc([C@@H](N2CCNCC2)C(F)(F)F)cc(O)c1O. The van der Waals surface area contributed by atoms with E-state index in [-0.39, 0.29) is 13.1 Å². The van der Waals surface area contributed by atoms with Gasteiger partial charge in [0.2, 0.25) is 5.75 Å². The summed E-state index contributed by atoms with van der Waals surface area (Å²) >= 11 is 0. The van der Waals surface area contributed by atoms with Crippen molar-refractivity contribution < 1.29 is 28.3 Å². The van der Waals surface area contributed by atoms with Crippen molar-refractivity contribution in [3.63, 3.8) is 0 Å². The third kappa shape index (κ3) is 3.22. The van der Waals surface area contributed by atoms with Gasteiger partial charge >= 0.3 is 11.9 Å². The van der Waals surface area contributed by atoms with Gasteiger partial charge < -0.3 is 15.5 Å². The minimum Gasteiger partial charge on any atom is -0.504 e. The minimum absolute atomic E-state index is 0.111. The molecular formula is C12H14F3N3O4. The molecule has 1 atom stereocenters. The Morgan fingerprint density at radius 2 is 1.86 bits per heavy atom. The van der Waals surface area contributed by atoms with Crippen LogP contribution in [-0.4, -0.2) is 52.4 Å². The predicted octanol–water partition coefficient (Wildman–Crippen LogP) is 1.51. The third-order valence-corrected chi connectivity index (χ3v) is 3.43. The van der Waals surface area contributed by atoms with Gasteiger partial charge in [-0.05, 0) is 11.6 Å². The van der Waals surface area contributed by atoms with Crippen molar-refractivity contribution in [2.75, 3.05) is 26.2 Å². The Balaban J connectivity index is 2.50. The number of nitro groups is 1. The zero-order valence-electron chi connectivity index (χ0n) is 11.3. The molecule has 0 spiro atoms. The Morgan fingerprint density at radius 1 is 1.27 bits per heavy atom. The highest BCUT2D eigenvalue weighted by Crippen LogP contribution is 2.44. The van der Waals surface area contributed by atoms with E-state index in [4.69, 9.17) is 0 Å². The van der Waals surface area contributed by atoms with E-state index in [0.29, 0.717) is 25.2 Å². The van der Waals surface area contributed by atoms with E-state index in [1.807, 2.05) is 0 Å². The fourth-order valence-electron chi connectivity index (χ4n) is 2.47. The summed E-state index contributed by atoms with van der Waals surface area (Å²) in [7, 11) is 0. The van der Waals surface area contributed by atoms with Gasteiger partial charge in [-0.25, -0.2) is 0 Å². The molecule has 0 radical (unpaired) electrons. The molecule has 3 N–H and O–H groups in total. The van der Waals surface area contributed by atoms with Crippen LogP contribution in [0.2, 0.25) is 0 Å². The minimum atomic E-state index is -4.67.